The summed E-state index contributed by atoms with van der Waals surface area (Å²) in [5, 5.41) is 5.67. The Morgan fingerprint density at radius 3 is 2.50 bits per heavy atom. The fourth-order valence-electron chi connectivity index (χ4n) is 4.28. The van der Waals surface area contributed by atoms with E-state index in [2.05, 4.69) is 42.8 Å². The van der Waals surface area contributed by atoms with Gasteiger partial charge in [0.25, 0.3) is 0 Å². The number of hydrogen-bond acceptors (Lipinski definition) is 4. The molecule has 0 amide bonds. The summed E-state index contributed by atoms with van der Waals surface area (Å²) in [5.41, 5.74) is 2.77. The largest absolute Gasteiger partial charge is 0.417 e. The van der Waals surface area contributed by atoms with E-state index in [-0.39, 0.29) is 0 Å². The molecule has 1 aromatic carbocycles. The van der Waals surface area contributed by atoms with Crippen molar-refractivity contribution in [2.45, 2.75) is 25.6 Å². The van der Waals surface area contributed by atoms with Gasteiger partial charge in [-0.05, 0) is 67.9 Å². The summed E-state index contributed by atoms with van der Waals surface area (Å²) in [6, 6.07) is 8.78. The third-order valence-electron chi connectivity index (χ3n) is 6.11. The number of halogens is 3. The average molecular weight is 439 g/mol. The van der Waals surface area contributed by atoms with Gasteiger partial charge in [0.2, 0.25) is 0 Å². The molecule has 1 saturated heterocycles. The van der Waals surface area contributed by atoms with Gasteiger partial charge >= 0.3 is 6.18 Å². The van der Waals surface area contributed by atoms with Crippen LogP contribution in [0.3, 0.4) is 0 Å². The lowest BCUT2D eigenvalue weighted by Gasteiger charge is -2.23. The molecule has 0 bridgehead atoms. The predicted octanol–water partition coefficient (Wildman–Crippen LogP) is 4.96. The van der Waals surface area contributed by atoms with E-state index in [0.717, 1.165) is 47.5 Å². The molecule has 0 spiro atoms. The molecule has 8 heteroatoms. The molecule has 32 heavy (non-hydrogen) atoms. The average Bonchev–Trinajstić information content (AvgIpc) is 3.47. The van der Waals surface area contributed by atoms with Crippen LogP contribution in [-0.4, -0.2) is 45.8 Å². The van der Waals surface area contributed by atoms with Crippen LogP contribution in [0, 0.1) is 0 Å². The zero-order valence-electron chi connectivity index (χ0n) is 17.6. The van der Waals surface area contributed by atoms with Crippen LogP contribution in [0.2, 0.25) is 0 Å². The van der Waals surface area contributed by atoms with E-state index in [4.69, 9.17) is 0 Å². The number of rotatable bonds is 5. The van der Waals surface area contributed by atoms with Crippen LogP contribution >= 0.6 is 0 Å². The molecule has 4 heterocycles. The summed E-state index contributed by atoms with van der Waals surface area (Å²) in [4.78, 5) is 8.56. The van der Waals surface area contributed by atoms with Crippen molar-refractivity contribution in [2.24, 2.45) is 0 Å². The molecule has 2 aliphatic rings. The molecule has 0 N–H and O–H groups in total. The molecular formula is C24H24F3N5. The van der Waals surface area contributed by atoms with E-state index in [1.54, 1.807) is 0 Å². The summed E-state index contributed by atoms with van der Waals surface area (Å²) < 4.78 is 40.3. The second kappa shape index (κ2) is 8.43. The van der Waals surface area contributed by atoms with E-state index in [1.807, 2.05) is 24.5 Å². The molecule has 2 aliphatic heterocycles. The van der Waals surface area contributed by atoms with Gasteiger partial charge in [-0.25, -0.2) is 0 Å². The SMILES string of the molecule is FC(F)(F)c1ccc(C2=CCN(c3ccc4c(cnn4CCN4CCCC4)c3)C=C2)nc1. The van der Waals surface area contributed by atoms with Gasteiger partial charge < -0.3 is 9.80 Å². The molecule has 5 nitrogen and oxygen atoms in total. The molecule has 0 radical (unpaired) electrons. The van der Waals surface area contributed by atoms with Crippen LogP contribution in [0.25, 0.3) is 16.5 Å². The molecule has 1 fully saturated rings. The van der Waals surface area contributed by atoms with Crippen molar-refractivity contribution in [3.63, 3.8) is 0 Å². The Morgan fingerprint density at radius 2 is 1.81 bits per heavy atom. The van der Waals surface area contributed by atoms with Gasteiger partial charge in [0.05, 0.1) is 29.5 Å². The monoisotopic (exact) mass is 439 g/mol. The standard InChI is InChI=1S/C24H24F3N5/c25-24(26,27)20-3-5-22(28-17-20)18-7-11-31(12-8-18)21-4-6-23-19(15-21)16-29-32(23)14-13-30-9-1-2-10-30/h3-8,11,15-17H,1-2,9-10,12-14H2. The van der Waals surface area contributed by atoms with Crippen LogP contribution < -0.4 is 4.90 Å². The number of allylic oxidation sites excluding steroid dienone is 2. The van der Waals surface area contributed by atoms with Gasteiger partial charge in [0.1, 0.15) is 0 Å². The fraction of sp³-hybridized carbons (Fsp3) is 0.333. The Bertz CT molecular complexity index is 1150. The number of anilines is 1. The maximum Gasteiger partial charge on any atom is 0.417 e. The first-order valence-corrected chi connectivity index (χ1v) is 10.8. The normalized spacial score (nSPS) is 17.3. The molecule has 0 unspecified atom stereocenters. The summed E-state index contributed by atoms with van der Waals surface area (Å²) in [6.45, 7) is 4.89. The minimum Gasteiger partial charge on any atom is -0.344 e. The van der Waals surface area contributed by atoms with Gasteiger partial charge in [0, 0.05) is 36.6 Å². The maximum absolute atomic E-state index is 12.7. The first-order chi connectivity index (χ1) is 15.5. The summed E-state index contributed by atoms with van der Waals surface area (Å²) >= 11 is 0. The van der Waals surface area contributed by atoms with Crippen molar-refractivity contribution in [3.8, 4) is 0 Å². The number of likely N-dealkylation sites (tertiary alicyclic amines) is 1. The molecule has 0 saturated carbocycles. The Balaban J connectivity index is 1.26. The Morgan fingerprint density at radius 1 is 0.969 bits per heavy atom. The number of benzene rings is 1. The van der Waals surface area contributed by atoms with E-state index in [1.165, 1.54) is 32.0 Å². The third kappa shape index (κ3) is 4.27. The number of alkyl halides is 3. The Labute approximate surface area is 184 Å². The van der Waals surface area contributed by atoms with E-state index in [9.17, 15) is 13.2 Å². The molecule has 5 rings (SSSR count). The lowest BCUT2D eigenvalue weighted by molar-refractivity contribution is -0.137. The van der Waals surface area contributed by atoms with Crippen LogP contribution in [-0.2, 0) is 12.7 Å². The topological polar surface area (TPSA) is 37.2 Å². The first kappa shape index (κ1) is 20.8. The lowest BCUT2D eigenvalue weighted by Crippen LogP contribution is -2.24. The van der Waals surface area contributed by atoms with Crippen LogP contribution in [0.5, 0.6) is 0 Å². The van der Waals surface area contributed by atoms with Gasteiger partial charge in [0.15, 0.2) is 0 Å². The van der Waals surface area contributed by atoms with Gasteiger partial charge in [-0.15, -0.1) is 0 Å². The van der Waals surface area contributed by atoms with Crippen molar-refractivity contribution >= 4 is 22.2 Å². The van der Waals surface area contributed by atoms with Crippen LogP contribution in [0.1, 0.15) is 24.1 Å². The lowest BCUT2D eigenvalue weighted by atomic mass is 10.1. The number of fused-ring (bicyclic) bond motifs is 1. The molecule has 2 aromatic heterocycles. The minimum absolute atomic E-state index is 0.531. The van der Waals surface area contributed by atoms with Crippen molar-refractivity contribution in [1.29, 1.82) is 0 Å². The van der Waals surface area contributed by atoms with E-state index >= 15 is 0 Å². The van der Waals surface area contributed by atoms with Crippen LogP contribution in [0.15, 0.2) is 61.1 Å². The van der Waals surface area contributed by atoms with Crippen molar-refractivity contribution in [1.82, 2.24) is 19.7 Å². The highest BCUT2D eigenvalue weighted by Gasteiger charge is 2.30. The number of pyridine rings is 1. The fourth-order valence-corrected chi connectivity index (χ4v) is 4.28. The van der Waals surface area contributed by atoms with E-state index in [0.29, 0.717) is 12.2 Å². The summed E-state index contributed by atoms with van der Waals surface area (Å²) in [5.74, 6) is 0. The molecule has 0 aliphatic carbocycles. The second-order valence-corrected chi connectivity index (χ2v) is 8.22. The third-order valence-corrected chi connectivity index (χ3v) is 6.11. The summed E-state index contributed by atoms with van der Waals surface area (Å²) in [7, 11) is 0. The number of hydrogen-bond donors (Lipinski definition) is 0. The number of aromatic nitrogens is 3. The van der Waals surface area contributed by atoms with Crippen molar-refractivity contribution < 1.29 is 13.2 Å². The minimum atomic E-state index is -4.38. The highest BCUT2D eigenvalue weighted by atomic mass is 19.4. The molecular weight excluding hydrogens is 415 g/mol. The van der Waals surface area contributed by atoms with Crippen molar-refractivity contribution in [2.75, 3.05) is 31.1 Å². The zero-order chi connectivity index (χ0) is 22.1. The molecule has 3 aromatic rings. The first-order valence-electron chi connectivity index (χ1n) is 10.8. The Hall–Kier alpha value is -3.13. The highest BCUT2D eigenvalue weighted by molar-refractivity contribution is 5.84. The van der Waals surface area contributed by atoms with Gasteiger partial charge in [-0.1, -0.05) is 6.08 Å². The predicted molar refractivity (Wildman–Crippen MR) is 119 cm³/mol. The Kier molecular flexibility index (Phi) is 5.46. The number of nitrogens with zero attached hydrogens (tertiary/aromatic N) is 5. The zero-order valence-corrected chi connectivity index (χ0v) is 17.6. The maximum atomic E-state index is 12.7. The van der Waals surface area contributed by atoms with E-state index < -0.39 is 11.7 Å². The molecule has 166 valence electrons. The summed E-state index contributed by atoms with van der Waals surface area (Å²) in [6.07, 6.45) is 6.78. The highest BCUT2D eigenvalue weighted by Crippen LogP contribution is 2.30. The quantitative estimate of drug-likeness (QED) is 0.563. The smallest absolute Gasteiger partial charge is 0.344 e. The second-order valence-electron chi connectivity index (χ2n) is 8.22. The van der Waals surface area contributed by atoms with Gasteiger partial charge in [-0.3, -0.25) is 9.67 Å². The van der Waals surface area contributed by atoms with Crippen molar-refractivity contribution in [3.05, 3.63) is 72.3 Å². The van der Waals surface area contributed by atoms with Gasteiger partial charge in [-0.2, -0.15) is 18.3 Å². The molecule has 0 atom stereocenters. The van der Waals surface area contributed by atoms with Crippen LogP contribution in [0.4, 0.5) is 18.9 Å².